The van der Waals surface area contributed by atoms with Gasteiger partial charge in [-0.05, 0) is 49.6 Å². The van der Waals surface area contributed by atoms with Crippen molar-refractivity contribution in [1.29, 1.82) is 0 Å². The molecule has 0 bridgehead atoms. The second-order valence-corrected chi connectivity index (χ2v) is 8.05. The molecule has 1 saturated carbocycles. The summed E-state index contributed by atoms with van der Waals surface area (Å²) in [5.74, 6) is 0. The van der Waals surface area contributed by atoms with Gasteiger partial charge in [-0.15, -0.1) is 0 Å². The van der Waals surface area contributed by atoms with E-state index in [-0.39, 0.29) is 0 Å². The second kappa shape index (κ2) is 6.26. The summed E-state index contributed by atoms with van der Waals surface area (Å²) in [6.45, 7) is 8.84. The largest absolute Gasteiger partial charge is 0.303 e. The molecule has 1 heterocycles. The average Bonchev–Trinajstić information content (AvgIpc) is 2.58. The quantitative estimate of drug-likeness (QED) is 0.532. The molecule has 0 radical (unpaired) electrons. The highest BCUT2D eigenvalue weighted by molar-refractivity contribution is 9.09. The number of hydrogen-bond donors (Lipinski definition) is 0. The van der Waals surface area contributed by atoms with Gasteiger partial charge in [-0.3, -0.25) is 0 Å². The van der Waals surface area contributed by atoms with E-state index in [9.17, 15) is 0 Å². The van der Waals surface area contributed by atoms with Crippen LogP contribution in [0.2, 0.25) is 0 Å². The minimum absolute atomic E-state index is 0.581. The molecular formula is C16H30BrN. The lowest BCUT2D eigenvalue weighted by molar-refractivity contribution is 0.0839. The fourth-order valence-corrected chi connectivity index (χ4v) is 4.34. The van der Waals surface area contributed by atoms with Crippen LogP contribution in [-0.4, -0.2) is 29.9 Å². The number of piperidine rings is 1. The zero-order chi connectivity index (χ0) is 13.1. The fraction of sp³-hybridized carbons (Fsp3) is 1.00. The fourth-order valence-electron chi connectivity index (χ4n) is 3.60. The zero-order valence-corrected chi connectivity index (χ0v) is 13.9. The Labute approximate surface area is 122 Å². The highest BCUT2D eigenvalue weighted by Gasteiger charge is 2.34. The maximum atomic E-state index is 3.83. The first kappa shape index (κ1) is 14.8. The van der Waals surface area contributed by atoms with Crippen LogP contribution in [0.5, 0.6) is 0 Å². The molecule has 18 heavy (non-hydrogen) atoms. The van der Waals surface area contributed by atoms with E-state index < -0.39 is 0 Å². The summed E-state index contributed by atoms with van der Waals surface area (Å²) >= 11 is 3.83. The molecule has 0 aromatic rings. The first-order valence-electron chi connectivity index (χ1n) is 7.84. The van der Waals surface area contributed by atoms with Crippen molar-refractivity contribution in [3.8, 4) is 0 Å². The third kappa shape index (κ3) is 3.96. The number of hydrogen-bond acceptors (Lipinski definition) is 1. The van der Waals surface area contributed by atoms with Crippen molar-refractivity contribution in [2.45, 2.75) is 65.2 Å². The van der Waals surface area contributed by atoms with Crippen LogP contribution in [-0.2, 0) is 0 Å². The summed E-state index contributed by atoms with van der Waals surface area (Å²) in [5.41, 5.74) is 1.17. The van der Waals surface area contributed by atoms with Crippen LogP contribution in [0.15, 0.2) is 0 Å². The molecule has 2 heteroatoms. The molecule has 2 fully saturated rings. The Morgan fingerprint density at radius 2 is 1.44 bits per heavy atom. The average molecular weight is 316 g/mol. The van der Waals surface area contributed by atoms with Crippen LogP contribution >= 0.6 is 15.9 Å². The van der Waals surface area contributed by atoms with E-state index in [0.29, 0.717) is 10.8 Å². The van der Waals surface area contributed by atoms with Crippen molar-refractivity contribution in [3.05, 3.63) is 0 Å². The summed E-state index contributed by atoms with van der Waals surface area (Å²) < 4.78 is 0. The van der Waals surface area contributed by atoms with Gasteiger partial charge in [0.15, 0.2) is 0 Å². The number of rotatable bonds is 3. The summed E-state index contributed by atoms with van der Waals surface area (Å²) in [6, 6.07) is 0. The van der Waals surface area contributed by atoms with Crippen molar-refractivity contribution in [2.75, 3.05) is 25.0 Å². The highest BCUT2D eigenvalue weighted by atomic mass is 79.9. The van der Waals surface area contributed by atoms with E-state index in [1.807, 2.05) is 0 Å². The molecule has 2 aliphatic rings. The van der Waals surface area contributed by atoms with Crippen LogP contribution in [0.1, 0.15) is 65.2 Å². The van der Waals surface area contributed by atoms with Crippen LogP contribution in [0.4, 0.5) is 0 Å². The van der Waals surface area contributed by atoms with Gasteiger partial charge in [-0.1, -0.05) is 55.5 Å². The van der Waals surface area contributed by atoms with E-state index in [0.717, 1.165) is 0 Å². The summed E-state index contributed by atoms with van der Waals surface area (Å²) in [4.78, 5) is 2.75. The van der Waals surface area contributed by atoms with Gasteiger partial charge in [0.25, 0.3) is 0 Å². The highest BCUT2D eigenvalue weighted by Crippen LogP contribution is 2.39. The molecule has 1 nitrogen and oxygen atoms in total. The molecule has 0 unspecified atom stereocenters. The Morgan fingerprint density at radius 3 is 1.94 bits per heavy atom. The van der Waals surface area contributed by atoms with Crippen molar-refractivity contribution in [1.82, 2.24) is 4.90 Å². The maximum Gasteiger partial charge on any atom is 0.0100 e. The smallest absolute Gasteiger partial charge is 0.0100 e. The molecule has 0 spiro atoms. The normalized spacial score (nSPS) is 28.8. The van der Waals surface area contributed by atoms with E-state index in [1.54, 1.807) is 0 Å². The SMILES string of the molecule is CC1(C)CCN(CC2(CBr)CCCCCC2)CC1. The third-order valence-electron chi connectivity index (χ3n) is 5.22. The lowest BCUT2D eigenvalue weighted by atomic mass is 9.79. The van der Waals surface area contributed by atoms with E-state index in [4.69, 9.17) is 0 Å². The van der Waals surface area contributed by atoms with Crippen LogP contribution in [0, 0.1) is 10.8 Å². The lowest BCUT2D eigenvalue weighted by Crippen LogP contribution is -2.44. The molecule has 1 aliphatic carbocycles. The topological polar surface area (TPSA) is 3.24 Å². The maximum absolute atomic E-state index is 3.83. The first-order valence-corrected chi connectivity index (χ1v) is 8.96. The molecule has 106 valence electrons. The van der Waals surface area contributed by atoms with Crippen molar-refractivity contribution >= 4 is 15.9 Å². The molecule has 0 aromatic heterocycles. The Kier molecular flexibility index (Phi) is 5.16. The van der Waals surface area contributed by atoms with Crippen LogP contribution < -0.4 is 0 Å². The Morgan fingerprint density at radius 1 is 0.889 bits per heavy atom. The molecule has 1 saturated heterocycles. The number of likely N-dealkylation sites (tertiary alicyclic amines) is 1. The molecule has 2 rings (SSSR count). The molecule has 0 N–H and O–H groups in total. The number of nitrogens with zero attached hydrogens (tertiary/aromatic N) is 1. The van der Waals surface area contributed by atoms with Crippen LogP contribution in [0.25, 0.3) is 0 Å². The molecular weight excluding hydrogens is 286 g/mol. The zero-order valence-electron chi connectivity index (χ0n) is 12.3. The summed E-state index contributed by atoms with van der Waals surface area (Å²) in [6.07, 6.45) is 11.5. The Balaban J connectivity index is 1.90. The van der Waals surface area contributed by atoms with Gasteiger partial charge in [-0.2, -0.15) is 0 Å². The van der Waals surface area contributed by atoms with Gasteiger partial charge in [0.1, 0.15) is 0 Å². The van der Waals surface area contributed by atoms with Gasteiger partial charge >= 0.3 is 0 Å². The monoisotopic (exact) mass is 315 g/mol. The summed E-state index contributed by atoms with van der Waals surface area (Å²) in [7, 11) is 0. The van der Waals surface area contributed by atoms with E-state index in [1.165, 1.54) is 76.3 Å². The predicted molar refractivity (Wildman–Crippen MR) is 83.4 cm³/mol. The van der Waals surface area contributed by atoms with E-state index in [2.05, 4.69) is 34.7 Å². The van der Waals surface area contributed by atoms with Crippen molar-refractivity contribution < 1.29 is 0 Å². The van der Waals surface area contributed by atoms with Crippen molar-refractivity contribution in [3.63, 3.8) is 0 Å². The third-order valence-corrected chi connectivity index (χ3v) is 6.41. The molecule has 1 aliphatic heterocycles. The molecule has 0 amide bonds. The molecule has 0 aromatic carbocycles. The minimum atomic E-state index is 0.581. The van der Waals surface area contributed by atoms with Gasteiger partial charge in [0, 0.05) is 11.9 Å². The van der Waals surface area contributed by atoms with Gasteiger partial charge in [0.2, 0.25) is 0 Å². The summed E-state index contributed by atoms with van der Waals surface area (Å²) in [5, 5.41) is 1.21. The van der Waals surface area contributed by atoms with Gasteiger partial charge < -0.3 is 4.90 Å². The minimum Gasteiger partial charge on any atom is -0.303 e. The van der Waals surface area contributed by atoms with Crippen molar-refractivity contribution in [2.24, 2.45) is 10.8 Å². The number of halogens is 1. The lowest BCUT2D eigenvalue weighted by Gasteiger charge is -2.42. The Hall–Kier alpha value is 0.440. The van der Waals surface area contributed by atoms with E-state index >= 15 is 0 Å². The predicted octanol–water partition coefficient (Wildman–Crippen LogP) is 4.84. The Bertz CT molecular complexity index is 244. The number of alkyl halides is 1. The van der Waals surface area contributed by atoms with Gasteiger partial charge in [-0.25, -0.2) is 0 Å². The van der Waals surface area contributed by atoms with Gasteiger partial charge in [0.05, 0.1) is 0 Å². The second-order valence-electron chi connectivity index (χ2n) is 7.49. The first-order chi connectivity index (χ1) is 8.55. The molecule has 0 atom stereocenters. The van der Waals surface area contributed by atoms with Crippen LogP contribution in [0.3, 0.4) is 0 Å². The standard InChI is InChI=1S/C16H30BrN/c1-15(2)9-11-18(12-10-15)14-16(13-17)7-5-3-4-6-8-16/h3-14H2,1-2H3.